The third kappa shape index (κ3) is 1.48. The first-order valence-electron chi connectivity index (χ1n) is 5.37. The molecule has 16 heavy (non-hydrogen) atoms. The van der Waals surface area contributed by atoms with Crippen LogP contribution in [0.25, 0.3) is 11.3 Å². The van der Waals surface area contributed by atoms with Crippen LogP contribution in [-0.2, 0) is 13.6 Å². The number of nitrogens with zero attached hydrogens (tertiary/aromatic N) is 4. The number of aromatic nitrogens is 4. The Balaban J connectivity index is 2.61. The van der Waals surface area contributed by atoms with E-state index in [9.17, 15) is 0 Å². The lowest BCUT2D eigenvalue weighted by molar-refractivity contribution is 0.739. The van der Waals surface area contributed by atoms with Gasteiger partial charge in [0.05, 0.1) is 5.69 Å². The summed E-state index contributed by atoms with van der Waals surface area (Å²) in [5, 5.41) is 4.31. The Morgan fingerprint density at radius 3 is 2.50 bits per heavy atom. The smallest absolute Gasteiger partial charge is 0.131 e. The fraction of sp³-hybridized carbons (Fsp3) is 0.455. The van der Waals surface area contributed by atoms with E-state index in [1.54, 1.807) is 4.68 Å². The molecule has 0 radical (unpaired) electrons. The van der Waals surface area contributed by atoms with Gasteiger partial charge in [0.1, 0.15) is 17.3 Å². The van der Waals surface area contributed by atoms with Crippen molar-refractivity contribution in [2.75, 3.05) is 5.73 Å². The summed E-state index contributed by atoms with van der Waals surface area (Å²) >= 11 is 0. The summed E-state index contributed by atoms with van der Waals surface area (Å²) in [6.07, 6.45) is 1.95. The molecule has 0 aromatic carbocycles. The van der Waals surface area contributed by atoms with Gasteiger partial charge in [-0.2, -0.15) is 5.10 Å². The zero-order valence-electron chi connectivity index (χ0n) is 10.2. The Hall–Kier alpha value is -1.78. The van der Waals surface area contributed by atoms with Gasteiger partial charge in [0.25, 0.3) is 0 Å². The van der Waals surface area contributed by atoms with Gasteiger partial charge in [-0.1, -0.05) is 0 Å². The van der Waals surface area contributed by atoms with Crippen LogP contribution in [0.5, 0.6) is 0 Å². The molecule has 2 N–H and O–H groups in total. The number of nitrogens with two attached hydrogens (primary N) is 1. The monoisotopic (exact) mass is 219 g/mol. The minimum Gasteiger partial charge on any atom is -0.383 e. The van der Waals surface area contributed by atoms with Crippen molar-refractivity contribution in [2.24, 2.45) is 7.05 Å². The van der Waals surface area contributed by atoms with E-state index in [-0.39, 0.29) is 0 Å². The second-order valence-electron chi connectivity index (χ2n) is 3.94. The molecule has 2 aromatic heterocycles. The molecule has 0 aliphatic heterocycles. The fourth-order valence-electron chi connectivity index (χ4n) is 2.01. The maximum atomic E-state index is 6.09. The Morgan fingerprint density at radius 2 is 2.06 bits per heavy atom. The van der Waals surface area contributed by atoms with Crippen LogP contribution >= 0.6 is 0 Å². The molecule has 0 saturated carbocycles. The number of imidazole rings is 1. The van der Waals surface area contributed by atoms with Crippen molar-refractivity contribution >= 4 is 5.82 Å². The number of anilines is 1. The largest absolute Gasteiger partial charge is 0.383 e. The summed E-state index contributed by atoms with van der Waals surface area (Å²) in [5.41, 5.74) is 8.89. The third-order valence-corrected chi connectivity index (χ3v) is 2.78. The van der Waals surface area contributed by atoms with Crippen LogP contribution in [0.15, 0.2) is 6.20 Å². The van der Waals surface area contributed by atoms with E-state index in [1.807, 2.05) is 31.7 Å². The normalized spacial score (nSPS) is 11.0. The van der Waals surface area contributed by atoms with Crippen LogP contribution in [0.1, 0.15) is 18.4 Å². The molecule has 0 atom stereocenters. The van der Waals surface area contributed by atoms with Crippen LogP contribution in [0, 0.1) is 13.8 Å². The first-order valence-corrected chi connectivity index (χ1v) is 5.37. The van der Waals surface area contributed by atoms with Crippen molar-refractivity contribution in [2.45, 2.75) is 27.3 Å². The quantitative estimate of drug-likeness (QED) is 0.832. The predicted molar refractivity (Wildman–Crippen MR) is 64.0 cm³/mol. The van der Waals surface area contributed by atoms with Gasteiger partial charge in [-0.15, -0.1) is 0 Å². The molecule has 0 fully saturated rings. The van der Waals surface area contributed by atoms with E-state index < -0.39 is 0 Å². The minimum atomic E-state index is 0.719. The van der Waals surface area contributed by atoms with Gasteiger partial charge in [0.15, 0.2) is 0 Å². The molecular formula is C11H17N5. The highest BCUT2D eigenvalue weighted by Gasteiger charge is 2.16. The third-order valence-electron chi connectivity index (χ3n) is 2.78. The molecule has 2 rings (SSSR count). The highest BCUT2D eigenvalue weighted by Crippen LogP contribution is 2.27. The second kappa shape index (κ2) is 3.66. The zero-order chi connectivity index (χ0) is 11.9. The van der Waals surface area contributed by atoms with Gasteiger partial charge in [0, 0.05) is 25.4 Å². The number of aryl methyl sites for hydroxylation is 3. The van der Waals surface area contributed by atoms with Gasteiger partial charge in [-0.25, -0.2) is 4.98 Å². The topological polar surface area (TPSA) is 61.7 Å². The summed E-state index contributed by atoms with van der Waals surface area (Å²) in [6.45, 7) is 6.83. The zero-order valence-corrected chi connectivity index (χ0v) is 10.2. The van der Waals surface area contributed by atoms with Gasteiger partial charge < -0.3 is 10.3 Å². The van der Waals surface area contributed by atoms with E-state index in [0.717, 1.165) is 35.1 Å². The summed E-state index contributed by atoms with van der Waals surface area (Å²) in [7, 11) is 1.90. The number of nitrogen functional groups attached to an aromatic ring is 1. The summed E-state index contributed by atoms with van der Waals surface area (Å²) in [5.74, 6) is 1.66. The summed E-state index contributed by atoms with van der Waals surface area (Å²) in [4.78, 5) is 4.51. The predicted octanol–water partition coefficient (Wildman–Crippen LogP) is 1.50. The van der Waals surface area contributed by atoms with Crippen LogP contribution in [0.3, 0.4) is 0 Å². The average Bonchev–Trinajstić information content (AvgIpc) is 2.67. The van der Waals surface area contributed by atoms with E-state index in [1.165, 1.54) is 0 Å². The van der Waals surface area contributed by atoms with Crippen LogP contribution in [-0.4, -0.2) is 19.3 Å². The molecule has 0 spiro atoms. The van der Waals surface area contributed by atoms with Gasteiger partial charge in [0.2, 0.25) is 0 Å². The highest BCUT2D eigenvalue weighted by molar-refractivity contribution is 5.72. The van der Waals surface area contributed by atoms with Gasteiger partial charge >= 0.3 is 0 Å². The molecule has 0 unspecified atom stereocenters. The molecule has 0 saturated heterocycles. The lowest BCUT2D eigenvalue weighted by atomic mass is 10.2. The fourth-order valence-corrected chi connectivity index (χ4v) is 2.01. The average molecular weight is 219 g/mol. The lowest BCUT2D eigenvalue weighted by Crippen LogP contribution is -2.02. The molecule has 2 heterocycles. The van der Waals surface area contributed by atoms with E-state index >= 15 is 0 Å². The Bertz CT molecular complexity index is 521. The SMILES string of the molecule is CCn1c(C)nc(-c2cn(C)nc2C)c1N. The van der Waals surface area contributed by atoms with Crippen molar-refractivity contribution in [1.82, 2.24) is 19.3 Å². The second-order valence-corrected chi connectivity index (χ2v) is 3.94. The minimum absolute atomic E-state index is 0.719. The van der Waals surface area contributed by atoms with Crippen molar-refractivity contribution in [3.8, 4) is 11.3 Å². The molecule has 0 aliphatic carbocycles. The molecule has 0 aliphatic rings. The molecular weight excluding hydrogens is 202 g/mol. The van der Waals surface area contributed by atoms with Crippen molar-refractivity contribution in [1.29, 1.82) is 0 Å². The van der Waals surface area contributed by atoms with Gasteiger partial charge in [-0.05, 0) is 20.8 Å². The molecule has 5 nitrogen and oxygen atoms in total. The molecule has 2 aromatic rings. The Morgan fingerprint density at radius 1 is 1.38 bits per heavy atom. The number of hydrogen-bond donors (Lipinski definition) is 1. The number of rotatable bonds is 2. The van der Waals surface area contributed by atoms with Crippen LogP contribution in [0.4, 0.5) is 5.82 Å². The Kier molecular flexibility index (Phi) is 2.46. The summed E-state index contributed by atoms with van der Waals surface area (Å²) in [6, 6.07) is 0. The molecule has 0 amide bonds. The van der Waals surface area contributed by atoms with Crippen LogP contribution in [0.2, 0.25) is 0 Å². The van der Waals surface area contributed by atoms with Crippen LogP contribution < -0.4 is 5.73 Å². The Labute approximate surface area is 94.9 Å². The van der Waals surface area contributed by atoms with E-state index in [0.29, 0.717) is 0 Å². The van der Waals surface area contributed by atoms with Crippen molar-refractivity contribution in [3.05, 3.63) is 17.7 Å². The maximum absolute atomic E-state index is 6.09. The first kappa shape index (κ1) is 10.7. The molecule has 0 bridgehead atoms. The highest BCUT2D eigenvalue weighted by atomic mass is 15.3. The van der Waals surface area contributed by atoms with Crippen molar-refractivity contribution < 1.29 is 0 Å². The first-order chi connectivity index (χ1) is 7.54. The molecule has 5 heteroatoms. The van der Waals surface area contributed by atoms with Crippen molar-refractivity contribution in [3.63, 3.8) is 0 Å². The van der Waals surface area contributed by atoms with E-state index in [2.05, 4.69) is 17.0 Å². The van der Waals surface area contributed by atoms with Gasteiger partial charge in [-0.3, -0.25) is 4.68 Å². The van der Waals surface area contributed by atoms with E-state index in [4.69, 9.17) is 5.73 Å². The standard InChI is InChI=1S/C11H17N5/c1-5-16-8(3)13-10(11(16)12)9-6-15(4)14-7(9)2/h6H,5,12H2,1-4H3. The lowest BCUT2D eigenvalue weighted by Gasteiger charge is -2.02. The number of hydrogen-bond acceptors (Lipinski definition) is 3. The maximum Gasteiger partial charge on any atom is 0.131 e. The molecule has 86 valence electrons. The summed E-state index contributed by atoms with van der Waals surface area (Å²) < 4.78 is 3.78.